The van der Waals surface area contributed by atoms with Gasteiger partial charge in [-0.15, -0.1) is 0 Å². The Morgan fingerprint density at radius 1 is 0.750 bits per heavy atom. The van der Waals surface area contributed by atoms with Gasteiger partial charge in [-0.3, -0.25) is 14.4 Å². The van der Waals surface area contributed by atoms with Gasteiger partial charge in [0.05, 0.1) is 11.1 Å². The maximum Gasteiger partial charge on any atom is 0.197 e. The largest absolute Gasteiger partial charge is 0.507 e. The minimum Gasteiger partial charge on any atom is -0.507 e. The number of rotatable bonds is 3. The highest BCUT2D eigenvalue weighted by molar-refractivity contribution is 6.39. The molecule has 0 atom stereocenters. The van der Waals surface area contributed by atoms with Crippen molar-refractivity contribution in [3.05, 3.63) is 123 Å². The van der Waals surface area contributed by atoms with Crippen molar-refractivity contribution in [2.75, 3.05) is 0 Å². The Labute approximate surface area is 188 Å². The first-order chi connectivity index (χ1) is 15.5. The van der Waals surface area contributed by atoms with Gasteiger partial charge in [0.2, 0.25) is 0 Å². The smallest absolute Gasteiger partial charge is 0.197 e. The van der Waals surface area contributed by atoms with E-state index in [9.17, 15) is 19.5 Å². The lowest BCUT2D eigenvalue weighted by atomic mass is 10.0. The Morgan fingerprint density at radius 2 is 1.31 bits per heavy atom. The maximum atomic E-state index is 12.8. The van der Waals surface area contributed by atoms with Gasteiger partial charge >= 0.3 is 0 Å². The summed E-state index contributed by atoms with van der Waals surface area (Å²) in [5.74, 6) is -1.08. The van der Waals surface area contributed by atoms with Crippen LogP contribution in [0.3, 0.4) is 0 Å². The van der Waals surface area contributed by atoms with Crippen molar-refractivity contribution in [3.8, 4) is 0 Å². The van der Waals surface area contributed by atoms with Crippen LogP contribution in [-0.2, 0) is 0 Å². The summed E-state index contributed by atoms with van der Waals surface area (Å²) < 4.78 is 0. The molecule has 32 heavy (non-hydrogen) atoms. The highest BCUT2D eigenvalue weighted by Crippen LogP contribution is 2.35. The number of aliphatic hydroxyl groups is 1. The molecule has 0 fully saturated rings. The molecule has 5 rings (SSSR count). The number of hydrogen-bond donors (Lipinski definition) is 1. The predicted molar refractivity (Wildman–Crippen MR) is 124 cm³/mol. The first kappa shape index (κ1) is 19.9. The fourth-order valence-corrected chi connectivity index (χ4v) is 4.11. The molecule has 2 aliphatic carbocycles. The van der Waals surface area contributed by atoms with Crippen molar-refractivity contribution >= 4 is 45.5 Å². The molecular formula is C27H15ClO4. The number of Topliss-reactive ketones (excluding diaryl/α,β-unsaturated/α-hetero) is 3. The molecule has 0 bridgehead atoms. The molecular weight excluding hydrogens is 424 g/mol. The highest BCUT2D eigenvalue weighted by atomic mass is 35.5. The number of hydrogen-bond acceptors (Lipinski definition) is 4. The molecule has 0 aromatic heterocycles. The molecule has 0 unspecified atom stereocenters. The molecule has 5 heteroatoms. The first-order valence-corrected chi connectivity index (χ1v) is 10.3. The number of benzene rings is 3. The minimum absolute atomic E-state index is 0.0378. The molecule has 0 saturated carbocycles. The third-order valence-corrected chi connectivity index (χ3v) is 5.86. The quantitative estimate of drug-likeness (QED) is 0.310. The van der Waals surface area contributed by atoms with E-state index in [4.69, 9.17) is 11.6 Å². The van der Waals surface area contributed by atoms with Gasteiger partial charge in [-0.1, -0.05) is 60.1 Å². The summed E-state index contributed by atoms with van der Waals surface area (Å²) in [4.78, 5) is 37.7. The summed E-state index contributed by atoms with van der Waals surface area (Å²) in [6, 6.07) is 17.8. The second-order valence-electron chi connectivity index (χ2n) is 7.51. The van der Waals surface area contributed by atoms with E-state index in [1.807, 2.05) is 24.3 Å². The van der Waals surface area contributed by atoms with E-state index in [1.165, 1.54) is 24.3 Å². The van der Waals surface area contributed by atoms with E-state index < -0.39 is 0 Å². The van der Waals surface area contributed by atoms with Gasteiger partial charge in [-0.05, 0) is 47.2 Å². The van der Waals surface area contributed by atoms with Crippen LogP contribution in [0.5, 0.6) is 0 Å². The summed E-state index contributed by atoms with van der Waals surface area (Å²) in [6.07, 6.45) is 5.69. The van der Waals surface area contributed by atoms with Gasteiger partial charge in [0.25, 0.3) is 0 Å². The van der Waals surface area contributed by atoms with Gasteiger partial charge in [0.1, 0.15) is 5.76 Å². The van der Waals surface area contributed by atoms with Crippen molar-refractivity contribution in [1.29, 1.82) is 0 Å². The van der Waals surface area contributed by atoms with Crippen LogP contribution in [0.2, 0.25) is 0 Å². The molecule has 3 aromatic carbocycles. The average Bonchev–Trinajstić information content (AvgIpc) is 3.19. The number of carbonyl (C=O) groups excluding carboxylic acids is 3. The van der Waals surface area contributed by atoms with Crippen molar-refractivity contribution in [1.82, 2.24) is 0 Å². The normalized spacial score (nSPS) is 15.8. The number of carbonyl (C=O) groups is 3. The third-order valence-electron chi connectivity index (χ3n) is 5.61. The Balaban J connectivity index is 1.42. The van der Waals surface area contributed by atoms with Crippen LogP contribution in [0, 0.1) is 0 Å². The topological polar surface area (TPSA) is 71.4 Å². The number of halogens is 1. The van der Waals surface area contributed by atoms with E-state index in [0.29, 0.717) is 22.3 Å². The van der Waals surface area contributed by atoms with Gasteiger partial charge in [0, 0.05) is 27.3 Å². The van der Waals surface area contributed by atoms with E-state index in [2.05, 4.69) is 0 Å². The summed E-state index contributed by atoms with van der Waals surface area (Å²) in [5.41, 5.74) is 1.84. The van der Waals surface area contributed by atoms with Crippen molar-refractivity contribution in [3.63, 3.8) is 0 Å². The van der Waals surface area contributed by atoms with Crippen LogP contribution in [0.15, 0.2) is 101 Å². The van der Waals surface area contributed by atoms with Crippen LogP contribution >= 0.6 is 11.6 Å². The number of ketones is 3. The molecule has 1 N–H and O–H groups in total. The lowest BCUT2D eigenvalue weighted by Gasteiger charge is -2.02. The van der Waals surface area contributed by atoms with Crippen LogP contribution in [0.1, 0.15) is 36.6 Å². The molecule has 0 amide bonds. The van der Waals surface area contributed by atoms with Gasteiger partial charge < -0.3 is 5.11 Å². The SMILES string of the molecule is O=C1C(=C/C=C(Cl)/C=C/C2=C(O)c3cc4ccccc4cc3C2=O)C(=O)c2ccccc21. The van der Waals surface area contributed by atoms with Crippen molar-refractivity contribution < 1.29 is 19.5 Å². The van der Waals surface area contributed by atoms with Crippen LogP contribution in [-0.4, -0.2) is 22.5 Å². The Bertz CT molecular complexity index is 1450. The second kappa shape index (κ2) is 7.59. The van der Waals surface area contributed by atoms with E-state index in [0.717, 1.165) is 10.8 Å². The molecule has 0 heterocycles. The molecule has 0 saturated heterocycles. The summed E-state index contributed by atoms with van der Waals surface area (Å²) in [5, 5.41) is 12.6. The summed E-state index contributed by atoms with van der Waals surface area (Å²) in [6.45, 7) is 0. The first-order valence-electron chi connectivity index (χ1n) is 9.91. The standard InChI is InChI=1S/C27H15ClO4/c28-17(9-11-20-24(29)18-7-3-4-8-19(18)25(20)30)10-12-21-26(31)22-13-15-5-1-2-6-16(15)14-23(22)27(21)32/h1-14,31H/b12-10+,17-9-. The van der Waals surface area contributed by atoms with Crippen molar-refractivity contribution in [2.45, 2.75) is 0 Å². The number of fused-ring (bicyclic) bond motifs is 3. The zero-order valence-electron chi connectivity index (χ0n) is 16.6. The maximum absolute atomic E-state index is 12.8. The number of allylic oxidation sites excluding steroid dienone is 7. The minimum atomic E-state index is -0.343. The predicted octanol–water partition coefficient (Wildman–Crippen LogP) is 5.99. The fraction of sp³-hybridized carbons (Fsp3) is 0. The zero-order valence-corrected chi connectivity index (χ0v) is 17.4. The second-order valence-corrected chi connectivity index (χ2v) is 7.94. The monoisotopic (exact) mass is 438 g/mol. The van der Waals surface area contributed by atoms with E-state index in [1.54, 1.807) is 36.4 Å². The average molecular weight is 439 g/mol. The highest BCUT2D eigenvalue weighted by Gasteiger charge is 2.32. The fourth-order valence-electron chi connectivity index (χ4n) is 3.98. The molecule has 4 nitrogen and oxygen atoms in total. The Hall–Kier alpha value is -4.02. The van der Waals surface area contributed by atoms with Gasteiger partial charge in [-0.25, -0.2) is 0 Å². The van der Waals surface area contributed by atoms with E-state index >= 15 is 0 Å². The van der Waals surface area contributed by atoms with Gasteiger partial charge in [-0.2, -0.15) is 0 Å². The van der Waals surface area contributed by atoms with E-state index in [-0.39, 0.29) is 39.3 Å². The zero-order chi connectivity index (χ0) is 22.4. The summed E-state index contributed by atoms with van der Waals surface area (Å²) >= 11 is 6.23. The molecule has 154 valence electrons. The lowest BCUT2D eigenvalue weighted by molar-refractivity contribution is 0.0986. The Morgan fingerprint density at radius 3 is 1.94 bits per heavy atom. The molecule has 2 aliphatic rings. The third kappa shape index (κ3) is 3.13. The molecule has 0 aliphatic heterocycles. The molecule has 0 spiro atoms. The van der Waals surface area contributed by atoms with Crippen LogP contribution in [0.25, 0.3) is 16.5 Å². The molecule has 0 radical (unpaired) electrons. The van der Waals surface area contributed by atoms with Crippen LogP contribution in [0.4, 0.5) is 0 Å². The lowest BCUT2D eigenvalue weighted by Crippen LogP contribution is -1.99. The van der Waals surface area contributed by atoms with Crippen LogP contribution < -0.4 is 0 Å². The number of aliphatic hydroxyl groups excluding tert-OH is 1. The molecule has 3 aromatic rings. The Kier molecular flexibility index (Phi) is 4.72. The summed E-state index contributed by atoms with van der Waals surface area (Å²) in [7, 11) is 0. The van der Waals surface area contributed by atoms with Gasteiger partial charge in [0.15, 0.2) is 17.3 Å². The van der Waals surface area contributed by atoms with Crippen molar-refractivity contribution in [2.24, 2.45) is 0 Å².